The summed E-state index contributed by atoms with van der Waals surface area (Å²) in [5.74, 6) is -1.58. The van der Waals surface area contributed by atoms with Crippen molar-refractivity contribution in [3.63, 3.8) is 0 Å². The minimum atomic E-state index is -5.24. The third-order valence-electron chi connectivity index (χ3n) is 5.93. The summed E-state index contributed by atoms with van der Waals surface area (Å²) in [6.07, 6.45) is -1.49. The summed E-state index contributed by atoms with van der Waals surface area (Å²) in [4.78, 5) is 31.8. The maximum atomic E-state index is 13.2. The van der Waals surface area contributed by atoms with Gasteiger partial charge in [0.2, 0.25) is 0 Å². The van der Waals surface area contributed by atoms with Crippen molar-refractivity contribution in [2.45, 2.75) is 16.0 Å². The second-order valence-electron chi connectivity index (χ2n) is 8.62. The molecule has 1 saturated heterocycles. The van der Waals surface area contributed by atoms with E-state index in [1.807, 2.05) is 0 Å². The number of nitrogens with zero attached hydrogens (tertiary/aromatic N) is 4. The van der Waals surface area contributed by atoms with Gasteiger partial charge in [0.05, 0.1) is 36.2 Å². The van der Waals surface area contributed by atoms with E-state index in [1.54, 1.807) is 30.3 Å². The standard InChI is InChI=1S/C22H21N7O13S2/c1-41-17-8-15(28(31)32)19(43(35,36)37)10-13(17)26-24-21(22(30)23-12-6-4-3-5-7-12)25-27(26)14-11-20(44(38,39)40)16(29(33)34)9-18(14)42-2/h3-11,21,24-25H,1-2H3,(H,23,30)(H,35,36,37)(H,38,39,40). The smallest absolute Gasteiger partial charge is 0.301 e. The molecule has 5 N–H and O–H groups in total. The maximum Gasteiger partial charge on any atom is 0.301 e. The van der Waals surface area contributed by atoms with Crippen molar-refractivity contribution in [1.29, 1.82) is 0 Å². The van der Waals surface area contributed by atoms with Crippen molar-refractivity contribution in [3.8, 4) is 11.5 Å². The number of nitro groups is 2. The van der Waals surface area contributed by atoms with Crippen LogP contribution in [0.2, 0.25) is 0 Å². The molecule has 1 amide bonds. The number of nitro benzene ring substituents is 2. The number of carbonyl (C=O) groups is 1. The van der Waals surface area contributed by atoms with Gasteiger partial charge in [0.1, 0.15) is 11.4 Å². The Morgan fingerprint density at radius 3 is 1.57 bits per heavy atom. The van der Waals surface area contributed by atoms with E-state index in [0.717, 1.165) is 24.5 Å². The molecule has 3 aromatic rings. The number of rotatable bonds is 10. The zero-order valence-corrected chi connectivity index (χ0v) is 23.9. The second kappa shape index (κ2) is 11.9. The van der Waals surface area contributed by atoms with Gasteiger partial charge in [-0.2, -0.15) is 37.9 Å². The number of methoxy groups -OCH3 is 2. The van der Waals surface area contributed by atoms with Gasteiger partial charge in [-0.05, 0) is 24.3 Å². The topological polar surface area (TPSA) is 273 Å². The van der Waals surface area contributed by atoms with Crippen LogP contribution in [0.25, 0.3) is 0 Å². The molecule has 3 aromatic carbocycles. The second-order valence-corrected chi connectivity index (χ2v) is 11.4. The minimum absolute atomic E-state index is 0.342. The average Bonchev–Trinajstić information content (AvgIpc) is 3.40. The Bertz CT molecular complexity index is 1760. The van der Waals surface area contributed by atoms with Crippen LogP contribution < -0.4 is 35.9 Å². The van der Waals surface area contributed by atoms with Gasteiger partial charge in [-0.3, -0.25) is 34.1 Å². The van der Waals surface area contributed by atoms with Gasteiger partial charge in [-0.25, -0.2) is 0 Å². The third kappa shape index (κ3) is 6.29. The number of hydrogen-bond donors (Lipinski definition) is 5. The predicted molar refractivity (Wildman–Crippen MR) is 149 cm³/mol. The zero-order chi connectivity index (χ0) is 32.6. The highest BCUT2D eigenvalue weighted by Crippen LogP contribution is 2.42. The normalized spacial score (nSPS) is 13.9. The van der Waals surface area contributed by atoms with E-state index in [4.69, 9.17) is 9.47 Å². The van der Waals surface area contributed by atoms with E-state index in [1.165, 1.54) is 0 Å². The lowest BCUT2D eigenvalue weighted by molar-refractivity contribution is -0.388. The molecule has 20 nitrogen and oxygen atoms in total. The first kappa shape index (κ1) is 31.8. The first-order chi connectivity index (χ1) is 20.6. The molecule has 0 aliphatic carbocycles. The molecule has 4 rings (SSSR count). The number of nitrogens with one attached hydrogen (secondary N) is 3. The van der Waals surface area contributed by atoms with Crippen molar-refractivity contribution in [1.82, 2.24) is 10.9 Å². The summed E-state index contributed by atoms with van der Waals surface area (Å²) >= 11 is 0. The summed E-state index contributed by atoms with van der Waals surface area (Å²) in [7, 11) is -8.37. The van der Waals surface area contributed by atoms with E-state index in [0.29, 0.717) is 30.0 Å². The Kier molecular flexibility index (Phi) is 8.57. The Balaban J connectivity index is 1.97. The summed E-state index contributed by atoms with van der Waals surface area (Å²) in [6, 6.07) is 10.6. The molecule has 22 heteroatoms. The molecule has 0 aromatic heterocycles. The van der Waals surface area contributed by atoms with Crippen LogP contribution in [-0.4, -0.2) is 62.1 Å². The highest BCUT2D eigenvalue weighted by atomic mass is 32.2. The number of benzene rings is 3. The lowest BCUT2D eigenvalue weighted by Gasteiger charge is -2.31. The van der Waals surface area contributed by atoms with Crippen LogP contribution in [0.1, 0.15) is 0 Å². The van der Waals surface area contributed by atoms with Gasteiger partial charge in [0.15, 0.2) is 27.5 Å². The molecule has 0 bridgehead atoms. The van der Waals surface area contributed by atoms with Crippen LogP contribution in [0.15, 0.2) is 64.4 Å². The van der Waals surface area contributed by atoms with Crippen LogP contribution >= 0.6 is 0 Å². The molecule has 1 heterocycles. The fourth-order valence-electron chi connectivity index (χ4n) is 4.03. The Hall–Kier alpha value is -5.13. The first-order valence-electron chi connectivity index (χ1n) is 11.7. The van der Waals surface area contributed by atoms with Gasteiger partial charge in [-0.1, -0.05) is 18.2 Å². The lowest BCUT2D eigenvalue weighted by atomic mass is 10.2. The highest BCUT2D eigenvalue weighted by Gasteiger charge is 2.41. The van der Waals surface area contributed by atoms with Crippen molar-refractivity contribution in [2.75, 3.05) is 29.8 Å². The number of para-hydroxylation sites is 1. The zero-order valence-electron chi connectivity index (χ0n) is 22.3. The number of hydrazine groups is 3. The number of hydrogen-bond acceptors (Lipinski definition) is 15. The Morgan fingerprint density at radius 2 is 1.23 bits per heavy atom. The summed E-state index contributed by atoms with van der Waals surface area (Å²) in [5, 5.41) is 27.4. The molecule has 44 heavy (non-hydrogen) atoms. The van der Waals surface area contributed by atoms with Crippen LogP contribution in [0, 0.1) is 20.2 Å². The lowest BCUT2D eigenvalue weighted by Crippen LogP contribution is -2.46. The minimum Gasteiger partial charge on any atom is -0.494 e. The Labute approximate surface area is 247 Å². The van der Waals surface area contributed by atoms with Crippen LogP contribution in [-0.2, 0) is 25.0 Å². The van der Waals surface area contributed by atoms with Crippen molar-refractivity contribution in [3.05, 3.63) is 74.8 Å². The highest BCUT2D eigenvalue weighted by molar-refractivity contribution is 7.86. The first-order valence-corrected chi connectivity index (χ1v) is 14.6. The van der Waals surface area contributed by atoms with Gasteiger partial charge in [-0.15, -0.1) is 0 Å². The predicted octanol–water partition coefficient (Wildman–Crippen LogP) is 1.23. The van der Waals surface area contributed by atoms with E-state index in [2.05, 4.69) is 16.2 Å². The van der Waals surface area contributed by atoms with E-state index < -0.39 is 86.2 Å². The SMILES string of the molecule is COc1cc([N+](=O)[O-])c(S(=O)(=O)O)cc1N1NC(C(=O)Nc2ccccc2)NN1c1cc(S(=O)(=O)O)c([N+](=O)[O-])cc1OC. The number of anilines is 3. The summed E-state index contributed by atoms with van der Waals surface area (Å²) in [5.41, 5.74) is 2.62. The molecular formula is C22H21N7O13S2. The quantitative estimate of drug-likeness (QED) is 0.117. The van der Waals surface area contributed by atoms with Crippen molar-refractivity contribution >= 4 is 54.6 Å². The molecule has 0 radical (unpaired) electrons. The van der Waals surface area contributed by atoms with Crippen LogP contribution in [0.3, 0.4) is 0 Å². The fraction of sp³-hybridized carbons (Fsp3) is 0.136. The molecular weight excluding hydrogens is 634 g/mol. The number of carbonyl (C=O) groups excluding carboxylic acids is 1. The van der Waals surface area contributed by atoms with Crippen LogP contribution in [0.5, 0.6) is 11.5 Å². The van der Waals surface area contributed by atoms with E-state index >= 15 is 0 Å². The largest absolute Gasteiger partial charge is 0.494 e. The van der Waals surface area contributed by atoms with E-state index in [9.17, 15) is 51.0 Å². The molecule has 1 aliphatic heterocycles. The molecule has 0 atom stereocenters. The number of amides is 1. The van der Waals surface area contributed by atoms with Gasteiger partial charge in [0, 0.05) is 5.69 Å². The molecule has 1 aliphatic rings. The maximum absolute atomic E-state index is 13.2. The van der Waals surface area contributed by atoms with Gasteiger partial charge >= 0.3 is 20.2 Å². The summed E-state index contributed by atoms with van der Waals surface area (Å²) in [6.45, 7) is 0. The monoisotopic (exact) mass is 655 g/mol. The molecule has 0 unspecified atom stereocenters. The van der Waals surface area contributed by atoms with Gasteiger partial charge in [0.25, 0.3) is 17.3 Å². The van der Waals surface area contributed by atoms with Crippen molar-refractivity contribution in [2.24, 2.45) is 0 Å². The van der Waals surface area contributed by atoms with Gasteiger partial charge < -0.3 is 14.8 Å². The Morgan fingerprint density at radius 1 is 0.818 bits per heavy atom. The average molecular weight is 656 g/mol. The van der Waals surface area contributed by atoms with Crippen LogP contribution in [0.4, 0.5) is 28.4 Å². The van der Waals surface area contributed by atoms with E-state index in [-0.39, 0.29) is 0 Å². The third-order valence-corrected chi connectivity index (χ3v) is 7.70. The molecule has 1 fully saturated rings. The fourth-order valence-corrected chi connectivity index (χ4v) is 5.35. The summed E-state index contributed by atoms with van der Waals surface area (Å²) < 4.78 is 78.3. The molecule has 0 spiro atoms. The van der Waals surface area contributed by atoms with Crippen molar-refractivity contribution < 1.29 is 50.1 Å². The number of ether oxygens (including phenoxy) is 2. The molecule has 234 valence electrons. The molecule has 0 saturated carbocycles.